The Morgan fingerprint density at radius 2 is 2.04 bits per heavy atom. The number of rotatable bonds is 8. The largest absolute Gasteiger partial charge is 0.480 e. The van der Waals surface area contributed by atoms with Gasteiger partial charge in [-0.15, -0.1) is 0 Å². The number of halogens is 1. The standard InChI is InChI=1S/C15H21FN2O6Si/c1-25(2,3)7-6-24-15(21)17-12(14(19)20)8-10-4-5-11(16)13(9-10)18(22)23/h4-5,9,12H,6-8H2,1-3H3,(H,17,21)(H,19,20)/t12-/m1/s1. The molecule has 138 valence electrons. The number of nitrogens with zero attached hydrogens (tertiary/aromatic N) is 1. The van der Waals surface area contributed by atoms with Gasteiger partial charge in [-0.05, 0) is 17.7 Å². The average Bonchev–Trinajstić information content (AvgIpc) is 2.46. The summed E-state index contributed by atoms with van der Waals surface area (Å²) < 4.78 is 18.3. The molecule has 0 radical (unpaired) electrons. The number of alkyl carbamates (subject to hydrolysis) is 1. The summed E-state index contributed by atoms with van der Waals surface area (Å²) in [6.07, 6.45) is -1.11. The molecule has 0 aliphatic heterocycles. The molecular weight excluding hydrogens is 351 g/mol. The Kier molecular flexibility index (Phi) is 7.04. The molecule has 25 heavy (non-hydrogen) atoms. The molecule has 1 atom stereocenters. The Labute approximate surface area is 145 Å². The SMILES string of the molecule is C[Si](C)(C)CCOC(=O)N[C@H](Cc1ccc(F)c([N+](=O)[O-])c1)C(=O)O. The molecule has 0 saturated carbocycles. The van der Waals surface area contributed by atoms with Gasteiger partial charge in [0.05, 0.1) is 11.5 Å². The number of carbonyl (C=O) groups excluding carboxylic acids is 1. The van der Waals surface area contributed by atoms with Gasteiger partial charge in [-0.3, -0.25) is 10.1 Å². The molecule has 1 aromatic rings. The smallest absolute Gasteiger partial charge is 0.407 e. The minimum atomic E-state index is -1.39. The zero-order chi connectivity index (χ0) is 19.2. The Hall–Kier alpha value is -2.49. The monoisotopic (exact) mass is 372 g/mol. The summed E-state index contributed by atoms with van der Waals surface area (Å²) in [7, 11) is -1.39. The Balaban J connectivity index is 2.72. The van der Waals surface area contributed by atoms with E-state index < -0.39 is 42.6 Å². The molecule has 0 unspecified atom stereocenters. The van der Waals surface area contributed by atoms with Crippen LogP contribution in [0.15, 0.2) is 18.2 Å². The minimum Gasteiger partial charge on any atom is -0.480 e. The molecule has 0 fully saturated rings. The highest BCUT2D eigenvalue weighted by Gasteiger charge is 2.23. The number of ether oxygens (including phenoxy) is 1. The first-order chi connectivity index (χ1) is 11.5. The van der Waals surface area contributed by atoms with Crippen LogP contribution >= 0.6 is 0 Å². The molecule has 1 rings (SSSR count). The van der Waals surface area contributed by atoms with Crippen LogP contribution in [0.25, 0.3) is 0 Å². The van der Waals surface area contributed by atoms with Crippen molar-refractivity contribution in [2.24, 2.45) is 0 Å². The molecule has 0 aliphatic carbocycles. The molecule has 0 spiro atoms. The van der Waals surface area contributed by atoms with Gasteiger partial charge in [0.25, 0.3) is 0 Å². The van der Waals surface area contributed by atoms with Gasteiger partial charge in [-0.2, -0.15) is 4.39 Å². The number of aliphatic carboxylic acids is 1. The maximum absolute atomic E-state index is 13.3. The maximum atomic E-state index is 13.3. The lowest BCUT2D eigenvalue weighted by atomic mass is 10.1. The number of carboxylic acids is 1. The topological polar surface area (TPSA) is 119 Å². The van der Waals surface area contributed by atoms with Gasteiger partial charge in [0, 0.05) is 20.6 Å². The van der Waals surface area contributed by atoms with Crippen molar-refractivity contribution >= 4 is 25.8 Å². The highest BCUT2D eigenvalue weighted by molar-refractivity contribution is 6.76. The lowest BCUT2D eigenvalue weighted by Gasteiger charge is -2.17. The van der Waals surface area contributed by atoms with Crippen LogP contribution in [0, 0.1) is 15.9 Å². The zero-order valence-electron chi connectivity index (χ0n) is 14.2. The number of hydrogen-bond donors (Lipinski definition) is 2. The fourth-order valence-corrected chi connectivity index (χ4v) is 2.61. The van der Waals surface area contributed by atoms with Crippen molar-refractivity contribution < 1.29 is 28.7 Å². The summed E-state index contributed by atoms with van der Waals surface area (Å²) in [5, 5.41) is 22.1. The quantitative estimate of drug-likeness (QED) is 0.411. The number of nitro benzene ring substituents is 1. The van der Waals surface area contributed by atoms with Gasteiger partial charge in [0.2, 0.25) is 5.82 Å². The first-order valence-electron chi connectivity index (χ1n) is 7.58. The summed E-state index contributed by atoms with van der Waals surface area (Å²) in [5.41, 5.74) is -0.540. The Morgan fingerprint density at radius 3 is 2.56 bits per heavy atom. The number of benzene rings is 1. The van der Waals surface area contributed by atoms with E-state index in [-0.39, 0.29) is 18.6 Å². The van der Waals surface area contributed by atoms with Crippen molar-refractivity contribution in [1.82, 2.24) is 5.32 Å². The minimum absolute atomic E-state index is 0.190. The highest BCUT2D eigenvalue weighted by atomic mass is 28.3. The predicted octanol–water partition coefficient (Wildman–Crippen LogP) is 2.79. The molecule has 0 aromatic heterocycles. The second kappa shape index (κ2) is 8.56. The first-order valence-corrected chi connectivity index (χ1v) is 11.3. The van der Waals surface area contributed by atoms with Crippen LogP contribution in [0.1, 0.15) is 5.56 Å². The molecule has 0 aliphatic rings. The van der Waals surface area contributed by atoms with Gasteiger partial charge in [0.15, 0.2) is 0 Å². The van der Waals surface area contributed by atoms with E-state index in [4.69, 9.17) is 4.74 Å². The third-order valence-corrected chi connectivity index (χ3v) is 5.03. The molecule has 10 heteroatoms. The lowest BCUT2D eigenvalue weighted by molar-refractivity contribution is -0.387. The summed E-state index contributed by atoms with van der Waals surface area (Å²) in [6, 6.07) is 2.46. The van der Waals surface area contributed by atoms with Crippen molar-refractivity contribution in [3.05, 3.63) is 39.7 Å². The van der Waals surface area contributed by atoms with Crippen LogP contribution in [0.5, 0.6) is 0 Å². The molecular formula is C15H21FN2O6Si. The molecule has 2 N–H and O–H groups in total. The van der Waals surface area contributed by atoms with Gasteiger partial charge in [-0.25, -0.2) is 9.59 Å². The van der Waals surface area contributed by atoms with E-state index >= 15 is 0 Å². The van der Waals surface area contributed by atoms with E-state index in [1.807, 2.05) is 0 Å². The van der Waals surface area contributed by atoms with Crippen molar-refractivity contribution in [2.45, 2.75) is 38.1 Å². The van der Waals surface area contributed by atoms with Crippen molar-refractivity contribution in [3.8, 4) is 0 Å². The van der Waals surface area contributed by atoms with E-state index in [0.717, 1.165) is 18.2 Å². The van der Waals surface area contributed by atoms with Crippen molar-refractivity contribution in [2.75, 3.05) is 6.61 Å². The van der Waals surface area contributed by atoms with Gasteiger partial charge in [-0.1, -0.05) is 25.7 Å². The second-order valence-corrected chi connectivity index (χ2v) is 12.4. The number of nitro groups is 1. The van der Waals surface area contributed by atoms with Gasteiger partial charge >= 0.3 is 17.7 Å². The van der Waals surface area contributed by atoms with Crippen LogP contribution in [0.4, 0.5) is 14.9 Å². The summed E-state index contributed by atoms with van der Waals surface area (Å²) in [5.74, 6) is -2.34. The highest BCUT2D eigenvalue weighted by Crippen LogP contribution is 2.19. The van der Waals surface area contributed by atoms with Crippen molar-refractivity contribution in [3.63, 3.8) is 0 Å². The normalized spacial score (nSPS) is 12.3. The van der Waals surface area contributed by atoms with E-state index in [2.05, 4.69) is 25.0 Å². The van der Waals surface area contributed by atoms with Crippen LogP contribution in [0.2, 0.25) is 25.7 Å². The second-order valence-electron chi connectivity index (χ2n) is 6.73. The predicted molar refractivity (Wildman–Crippen MR) is 90.8 cm³/mol. The molecule has 1 amide bonds. The fourth-order valence-electron chi connectivity index (χ4n) is 1.89. The van der Waals surface area contributed by atoms with Crippen molar-refractivity contribution in [1.29, 1.82) is 0 Å². The van der Waals surface area contributed by atoms with Crippen LogP contribution in [-0.4, -0.2) is 42.8 Å². The van der Waals surface area contributed by atoms with Crippen LogP contribution in [0.3, 0.4) is 0 Å². The average molecular weight is 372 g/mol. The summed E-state index contributed by atoms with van der Waals surface area (Å²) >= 11 is 0. The molecule has 1 aromatic carbocycles. The number of carboxylic acid groups (broad SMARTS) is 1. The number of hydrogen-bond acceptors (Lipinski definition) is 5. The molecule has 8 nitrogen and oxygen atoms in total. The molecule has 0 bridgehead atoms. The third kappa shape index (κ3) is 7.29. The van der Waals surface area contributed by atoms with Crippen LogP contribution in [-0.2, 0) is 16.0 Å². The number of carbonyl (C=O) groups is 2. The molecule has 0 saturated heterocycles. The number of amides is 1. The van der Waals surface area contributed by atoms with Gasteiger partial charge in [0.1, 0.15) is 6.04 Å². The zero-order valence-corrected chi connectivity index (χ0v) is 15.2. The third-order valence-electron chi connectivity index (χ3n) is 3.32. The number of nitrogens with one attached hydrogen (secondary N) is 1. The van der Waals surface area contributed by atoms with E-state index in [0.29, 0.717) is 0 Å². The lowest BCUT2D eigenvalue weighted by Crippen LogP contribution is -2.43. The van der Waals surface area contributed by atoms with Crippen LogP contribution < -0.4 is 5.32 Å². The Bertz CT molecular complexity index is 662. The summed E-state index contributed by atoms with van der Waals surface area (Å²) in [6.45, 7) is 6.51. The van der Waals surface area contributed by atoms with Gasteiger partial charge < -0.3 is 15.2 Å². The Morgan fingerprint density at radius 1 is 1.40 bits per heavy atom. The summed E-state index contributed by atoms with van der Waals surface area (Å²) in [4.78, 5) is 32.8. The van der Waals surface area contributed by atoms with E-state index in [1.165, 1.54) is 6.07 Å². The van der Waals surface area contributed by atoms with E-state index in [1.54, 1.807) is 0 Å². The van der Waals surface area contributed by atoms with E-state index in [9.17, 15) is 29.2 Å². The molecule has 0 heterocycles. The maximum Gasteiger partial charge on any atom is 0.407 e. The fraction of sp³-hybridized carbons (Fsp3) is 0.467. The first kappa shape index (κ1) is 20.6.